The number of carboxylic acids is 1. The Hall–Kier alpha value is -1.78. The molecule has 112 valence electrons. The first-order valence-electron chi connectivity index (χ1n) is 7.05. The highest BCUT2D eigenvalue weighted by Crippen LogP contribution is 2.20. The lowest BCUT2D eigenvalue weighted by molar-refractivity contribution is 0.0690. The smallest absolute Gasteiger partial charge is 0.352 e. The Morgan fingerprint density at radius 1 is 1.30 bits per heavy atom. The number of carboxylic acid groups (broad SMARTS) is 1. The van der Waals surface area contributed by atoms with E-state index < -0.39 is 5.97 Å². The van der Waals surface area contributed by atoms with Gasteiger partial charge in [-0.25, -0.2) is 4.79 Å². The predicted octanol–water partition coefficient (Wildman–Crippen LogP) is 2.84. The number of nitrogens with one attached hydrogen (secondary N) is 1. The fourth-order valence-corrected chi connectivity index (χ4v) is 2.30. The molecule has 0 fully saturated rings. The number of nitrogens with zero attached hydrogens (tertiary/aromatic N) is 1. The Bertz CT molecular complexity index is 505. The molecule has 1 rings (SSSR count). The van der Waals surface area contributed by atoms with Crippen molar-refractivity contribution in [1.29, 1.82) is 0 Å². The summed E-state index contributed by atoms with van der Waals surface area (Å²) in [6.45, 7) is 10.9. The molecule has 1 amide bonds. The fourth-order valence-electron chi connectivity index (χ4n) is 2.30. The minimum absolute atomic E-state index is 0.0912. The van der Waals surface area contributed by atoms with Gasteiger partial charge in [0.05, 0.1) is 5.56 Å². The summed E-state index contributed by atoms with van der Waals surface area (Å²) in [6.07, 6.45) is 1.01. The summed E-state index contributed by atoms with van der Waals surface area (Å²) >= 11 is 0. The number of hydrogen-bond donors (Lipinski definition) is 2. The number of H-pyrrole nitrogens is 1. The number of carbonyl (C=O) groups excluding carboxylic acids is 1. The summed E-state index contributed by atoms with van der Waals surface area (Å²) in [5.74, 6) is -0.696. The van der Waals surface area contributed by atoms with Crippen LogP contribution in [0.2, 0.25) is 0 Å². The molecule has 0 aliphatic rings. The Kier molecular flexibility index (Phi) is 5.36. The Morgan fingerprint density at radius 2 is 1.90 bits per heavy atom. The van der Waals surface area contributed by atoms with Crippen LogP contribution in [0.15, 0.2) is 0 Å². The minimum Gasteiger partial charge on any atom is -0.477 e. The summed E-state index contributed by atoms with van der Waals surface area (Å²) < 4.78 is 0. The molecular weight excluding hydrogens is 256 g/mol. The molecule has 20 heavy (non-hydrogen) atoms. The summed E-state index contributed by atoms with van der Waals surface area (Å²) in [4.78, 5) is 28.3. The zero-order valence-corrected chi connectivity index (χ0v) is 12.9. The number of aromatic amines is 1. The lowest BCUT2D eigenvalue weighted by Crippen LogP contribution is -2.35. The summed E-state index contributed by atoms with van der Waals surface area (Å²) in [5.41, 5.74) is 1.73. The van der Waals surface area contributed by atoms with Gasteiger partial charge in [-0.05, 0) is 32.3 Å². The van der Waals surface area contributed by atoms with E-state index in [1.165, 1.54) is 0 Å². The molecule has 1 aromatic rings. The number of carbonyl (C=O) groups is 2. The summed E-state index contributed by atoms with van der Waals surface area (Å²) in [7, 11) is 0. The molecule has 1 atom stereocenters. The average Bonchev–Trinajstić information content (AvgIpc) is 2.70. The second-order valence-corrected chi connectivity index (χ2v) is 5.29. The van der Waals surface area contributed by atoms with Crippen molar-refractivity contribution in [3.63, 3.8) is 0 Å². The molecule has 1 aromatic heterocycles. The number of amides is 1. The van der Waals surface area contributed by atoms with Gasteiger partial charge in [0, 0.05) is 18.8 Å². The molecule has 0 bridgehead atoms. The molecule has 0 spiro atoms. The van der Waals surface area contributed by atoms with E-state index in [0.717, 1.165) is 6.42 Å². The zero-order chi connectivity index (χ0) is 15.4. The van der Waals surface area contributed by atoms with Crippen LogP contribution in [0.4, 0.5) is 0 Å². The second-order valence-electron chi connectivity index (χ2n) is 5.29. The lowest BCUT2D eigenvalue weighted by Gasteiger charge is -2.24. The maximum atomic E-state index is 12.6. The summed E-state index contributed by atoms with van der Waals surface area (Å²) in [6, 6.07) is 0. The predicted molar refractivity (Wildman–Crippen MR) is 78.3 cm³/mol. The monoisotopic (exact) mass is 280 g/mol. The first-order valence-corrected chi connectivity index (χ1v) is 7.05. The van der Waals surface area contributed by atoms with Gasteiger partial charge in [0.2, 0.25) is 0 Å². The van der Waals surface area contributed by atoms with Crippen molar-refractivity contribution in [3.05, 3.63) is 22.5 Å². The van der Waals surface area contributed by atoms with E-state index in [-0.39, 0.29) is 11.6 Å². The van der Waals surface area contributed by atoms with Gasteiger partial charge in [0.1, 0.15) is 5.69 Å². The van der Waals surface area contributed by atoms with Crippen LogP contribution in [0.25, 0.3) is 0 Å². The van der Waals surface area contributed by atoms with Gasteiger partial charge in [-0.1, -0.05) is 20.3 Å². The first-order chi connectivity index (χ1) is 9.33. The topological polar surface area (TPSA) is 73.4 Å². The molecule has 0 aliphatic carbocycles. The van der Waals surface area contributed by atoms with Gasteiger partial charge in [-0.3, -0.25) is 4.79 Å². The van der Waals surface area contributed by atoms with E-state index >= 15 is 0 Å². The second kappa shape index (κ2) is 6.59. The van der Waals surface area contributed by atoms with Crippen molar-refractivity contribution >= 4 is 11.9 Å². The molecule has 0 aromatic carbocycles. The van der Waals surface area contributed by atoms with Crippen LogP contribution in [0.1, 0.15) is 59.3 Å². The van der Waals surface area contributed by atoms with Gasteiger partial charge in [0.15, 0.2) is 0 Å². The van der Waals surface area contributed by atoms with Crippen molar-refractivity contribution in [2.75, 3.05) is 13.1 Å². The highest BCUT2D eigenvalue weighted by molar-refractivity contribution is 6.00. The van der Waals surface area contributed by atoms with Gasteiger partial charge in [-0.15, -0.1) is 0 Å². The quantitative estimate of drug-likeness (QED) is 0.841. The van der Waals surface area contributed by atoms with Crippen LogP contribution < -0.4 is 0 Å². The minimum atomic E-state index is -1.03. The SMILES string of the molecule is CCC(C)CN(CC)C(=O)c1c(C)[nH]c(C(=O)O)c1C. The molecule has 1 heterocycles. The molecule has 0 saturated carbocycles. The van der Waals surface area contributed by atoms with Gasteiger partial charge in [-0.2, -0.15) is 0 Å². The van der Waals surface area contributed by atoms with Crippen molar-refractivity contribution in [2.45, 2.75) is 41.0 Å². The summed E-state index contributed by atoms with van der Waals surface area (Å²) in [5, 5.41) is 9.11. The zero-order valence-electron chi connectivity index (χ0n) is 12.9. The van der Waals surface area contributed by atoms with E-state index in [0.29, 0.717) is 35.8 Å². The van der Waals surface area contributed by atoms with Crippen LogP contribution in [0, 0.1) is 19.8 Å². The highest BCUT2D eigenvalue weighted by Gasteiger charge is 2.25. The molecule has 0 aliphatic heterocycles. The van der Waals surface area contributed by atoms with Crippen molar-refractivity contribution in [3.8, 4) is 0 Å². The number of rotatable bonds is 6. The normalized spacial score (nSPS) is 12.2. The van der Waals surface area contributed by atoms with Crippen LogP contribution >= 0.6 is 0 Å². The molecular formula is C15H24N2O3. The van der Waals surface area contributed by atoms with Crippen molar-refractivity contribution in [2.24, 2.45) is 5.92 Å². The van der Waals surface area contributed by atoms with E-state index in [2.05, 4.69) is 18.8 Å². The largest absolute Gasteiger partial charge is 0.477 e. The Balaban J connectivity index is 3.10. The molecule has 5 heteroatoms. The fraction of sp³-hybridized carbons (Fsp3) is 0.600. The van der Waals surface area contributed by atoms with Crippen LogP contribution in [-0.2, 0) is 0 Å². The Morgan fingerprint density at radius 3 is 2.30 bits per heavy atom. The molecule has 0 radical (unpaired) electrons. The molecule has 2 N–H and O–H groups in total. The maximum absolute atomic E-state index is 12.6. The van der Waals surface area contributed by atoms with Crippen molar-refractivity contribution < 1.29 is 14.7 Å². The molecule has 0 saturated heterocycles. The standard InChI is InChI=1S/C15H24N2O3/c1-6-9(3)8-17(7-2)14(18)12-10(4)13(15(19)20)16-11(12)5/h9,16H,6-8H2,1-5H3,(H,19,20). The van der Waals surface area contributed by atoms with Gasteiger partial charge < -0.3 is 15.0 Å². The third-order valence-corrected chi connectivity index (χ3v) is 3.76. The third-order valence-electron chi connectivity index (χ3n) is 3.76. The van der Waals surface area contributed by atoms with E-state index in [9.17, 15) is 9.59 Å². The van der Waals surface area contributed by atoms with Crippen LogP contribution in [-0.4, -0.2) is 40.0 Å². The average molecular weight is 280 g/mol. The van der Waals surface area contributed by atoms with E-state index in [1.807, 2.05) is 6.92 Å². The number of aryl methyl sites for hydroxylation is 1. The molecule has 1 unspecified atom stereocenters. The number of aromatic nitrogens is 1. The number of aromatic carboxylic acids is 1. The van der Waals surface area contributed by atoms with Gasteiger partial charge >= 0.3 is 5.97 Å². The van der Waals surface area contributed by atoms with Crippen LogP contribution in [0.3, 0.4) is 0 Å². The van der Waals surface area contributed by atoms with E-state index in [1.54, 1.807) is 18.7 Å². The third kappa shape index (κ3) is 3.21. The van der Waals surface area contributed by atoms with E-state index in [4.69, 9.17) is 5.11 Å². The Labute approximate surface area is 120 Å². The van der Waals surface area contributed by atoms with Gasteiger partial charge in [0.25, 0.3) is 5.91 Å². The molecule has 5 nitrogen and oxygen atoms in total. The van der Waals surface area contributed by atoms with Crippen molar-refractivity contribution in [1.82, 2.24) is 9.88 Å². The van der Waals surface area contributed by atoms with Crippen LogP contribution in [0.5, 0.6) is 0 Å². The first kappa shape index (κ1) is 16.3. The lowest BCUT2D eigenvalue weighted by atomic mass is 10.1. The number of hydrogen-bond acceptors (Lipinski definition) is 2. The highest BCUT2D eigenvalue weighted by atomic mass is 16.4. The maximum Gasteiger partial charge on any atom is 0.352 e.